The summed E-state index contributed by atoms with van der Waals surface area (Å²) in [5, 5.41) is 14.7. The summed E-state index contributed by atoms with van der Waals surface area (Å²) >= 11 is 0. The molecule has 0 aliphatic carbocycles. The van der Waals surface area contributed by atoms with Crippen LogP contribution in [0.15, 0.2) is 54.6 Å². The Bertz CT molecular complexity index is 803. The van der Waals surface area contributed by atoms with Crippen LogP contribution in [0.1, 0.15) is 53.7 Å². The number of rotatable bonds is 9. The first-order valence-electron chi connectivity index (χ1n) is 9.35. The maximum atomic E-state index is 12.6. The van der Waals surface area contributed by atoms with Crippen molar-refractivity contribution in [2.45, 2.75) is 45.2 Å². The molecule has 6 nitrogen and oxygen atoms in total. The van der Waals surface area contributed by atoms with Crippen LogP contribution in [0.2, 0.25) is 0 Å². The number of carbonyl (C=O) groups is 3. The first-order valence-corrected chi connectivity index (χ1v) is 9.35. The van der Waals surface area contributed by atoms with Gasteiger partial charge < -0.3 is 15.7 Å². The lowest BCUT2D eigenvalue weighted by atomic mass is 10.0. The van der Waals surface area contributed by atoms with Crippen molar-refractivity contribution >= 4 is 17.8 Å². The number of hydrogen-bond acceptors (Lipinski definition) is 3. The number of aliphatic carboxylic acids is 1. The molecule has 2 amide bonds. The molecule has 0 fully saturated rings. The molecule has 2 atom stereocenters. The summed E-state index contributed by atoms with van der Waals surface area (Å²) in [6.45, 7) is 3.80. The highest BCUT2D eigenvalue weighted by molar-refractivity contribution is 5.95. The Morgan fingerprint density at radius 1 is 0.964 bits per heavy atom. The van der Waals surface area contributed by atoms with E-state index in [0.717, 1.165) is 11.1 Å². The van der Waals surface area contributed by atoms with Crippen molar-refractivity contribution in [3.8, 4) is 0 Å². The van der Waals surface area contributed by atoms with Gasteiger partial charge in [0.15, 0.2) is 0 Å². The van der Waals surface area contributed by atoms with Gasteiger partial charge in [0.25, 0.3) is 5.91 Å². The Kier molecular flexibility index (Phi) is 7.75. The molecule has 148 valence electrons. The topological polar surface area (TPSA) is 95.5 Å². The summed E-state index contributed by atoms with van der Waals surface area (Å²) in [5.41, 5.74) is 2.33. The molecule has 0 heterocycles. The van der Waals surface area contributed by atoms with E-state index in [2.05, 4.69) is 10.6 Å². The molecule has 2 aromatic rings. The average Bonchev–Trinajstić information content (AvgIpc) is 2.68. The van der Waals surface area contributed by atoms with E-state index in [9.17, 15) is 19.5 Å². The second kappa shape index (κ2) is 10.3. The zero-order valence-corrected chi connectivity index (χ0v) is 16.1. The van der Waals surface area contributed by atoms with E-state index in [-0.39, 0.29) is 12.3 Å². The molecule has 2 unspecified atom stereocenters. The average molecular weight is 382 g/mol. The molecule has 0 bridgehead atoms. The molecule has 0 spiro atoms. The minimum Gasteiger partial charge on any atom is -0.480 e. The maximum absolute atomic E-state index is 12.6. The van der Waals surface area contributed by atoms with E-state index in [1.165, 1.54) is 0 Å². The lowest BCUT2D eigenvalue weighted by molar-refractivity contribution is -0.142. The van der Waals surface area contributed by atoms with Crippen LogP contribution in [-0.2, 0) is 9.59 Å². The second-order valence-electron chi connectivity index (χ2n) is 6.75. The van der Waals surface area contributed by atoms with Crippen LogP contribution in [0, 0.1) is 6.92 Å². The summed E-state index contributed by atoms with van der Waals surface area (Å²) in [7, 11) is 0. The number of nitrogens with one attached hydrogen (secondary N) is 2. The Morgan fingerprint density at radius 3 is 2.18 bits per heavy atom. The summed E-state index contributed by atoms with van der Waals surface area (Å²) in [5.74, 6) is -1.76. The van der Waals surface area contributed by atoms with E-state index in [1.54, 1.807) is 12.1 Å². The summed E-state index contributed by atoms with van der Waals surface area (Å²) in [6.07, 6.45) is 0.950. The third-order valence-electron chi connectivity index (χ3n) is 4.42. The van der Waals surface area contributed by atoms with E-state index < -0.39 is 24.0 Å². The number of aryl methyl sites for hydroxylation is 1. The van der Waals surface area contributed by atoms with Crippen molar-refractivity contribution in [2.24, 2.45) is 0 Å². The highest BCUT2D eigenvalue weighted by Gasteiger charge is 2.23. The molecule has 2 rings (SSSR count). The molecule has 0 radical (unpaired) electrons. The van der Waals surface area contributed by atoms with Crippen LogP contribution in [-0.4, -0.2) is 28.9 Å². The molecule has 0 saturated carbocycles. The Labute approximate surface area is 165 Å². The van der Waals surface area contributed by atoms with Crippen LogP contribution in [0.3, 0.4) is 0 Å². The quantitative estimate of drug-likeness (QED) is 0.620. The molecule has 3 N–H and O–H groups in total. The third kappa shape index (κ3) is 6.23. The molecule has 0 aliphatic heterocycles. The minimum absolute atomic E-state index is 0.0465. The molecule has 0 saturated heterocycles. The molecule has 2 aromatic carbocycles. The van der Waals surface area contributed by atoms with Crippen molar-refractivity contribution in [1.29, 1.82) is 0 Å². The molecular formula is C22H26N2O4. The van der Waals surface area contributed by atoms with Gasteiger partial charge in [-0.15, -0.1) is 0 Å². The van der Waals surface area contributed by atoms with Gasteiger partial charge >= 0.3 is 5.97 Å². The lowest BCUT2D eigenvalue weighted by Crippen LogP contribution is -2.42. The third-order valence-corrected chi connectivity index (χ3v) is 4.42. The van der Waals surface area contributed by atoms with Crippen molar-refractivity contribution < 1.29 is 19.5 Å². The van der Waals surface area contributed by atoms with E-state index in [0.29, 0.717) is 18.4 Å². The van der Waals surface area contributed by atoms with Gasteiger partial charge in [-0.3, -0.25) is 9.59 Å². The van der Waals surface area contributed by atoms with Crippen LogP contribution >= 0.6 is 0 Å². The van der Waals surface area contributed by atoms with Gasteiger partial charge in [-0.1, -0.05) is 61.4 Å². The first-order chi connectivity index (χ1) is 13.4. The SMILES string of the molecule is CCCC(NC(=O)CC(NC(=O)c1ccc(C)cc1)c1ccccc1)C(=O)O. The van der Waals surface area contributed by atoms with Gasteiger partial charge in [0.1, 0.15) is 6.04 Å². The second-order valence-corrected chi connectivity index (χ2v) is 6.75. The van der Waals surface area contributed by atoms with E-state index in [1.807, 2.05) is 56.3 Å². The van der Waals surface area contributed by atoms with Crippen molar-refractivity contribution in [3.63, 3.8) is 0 Å². The van der Waals surface area contributed by atoms with Crippen molar-refractivity contribution in [1.82, 2.24) is 10.6 Å². The van der Waals surface area contributed by atoms with Gasteiger partial charge in [-0.05, 0) is 31.0 Å². The van der Waals surface area contributed by atoms with E-state index >= 15 is 0 Å². The van der Waals surface area contributed by atoms with Crippen LogP contribution in [0.5, 0.6) is 0 Å². The molecule has 0 aromatic heterocycles. The summed E-state index contributed by atoms with van der Waals surface area (Å²) in [6, 6.07) is 14.8. The number of carbonyl (C=O) groups excluding carboxylic acids is 2. The predicted molar refractivity (Wildman–Crippen MR) is 107 cm³/mol. The fourth-order valence-electron chi connectivity index (χ4n) is 2.87. The summed E-state index contributed by atoms with van der Waals surface area (Å²) in [4.78, 5) is 36.4. The number of amides is 2. The number of benzene rings is 2. The highest BCUT2D eigenvalue weighted by atomic mass is 16.4. The maximum Gasteiger partial charge on any atom is 0.326 e. The van der Waals surface area contributed by atoms with Gasteiger partial charge in [-0.2, -0.15) is 0 Å². The normalized spacial score (nSPS) is 12.6. The first kappa shape index (κ1) is 21.2. The minimum atomic E-state index is -1.06. The van der Waals surface area contributed by atoms with Crippen LogP contribution < -0.4 is 10.6 Å². The van der Waals surface area contributed by atoms with Crippen LogP contribution in [0.4, 0.5) is 0 Å². The Balaban J connectivity index is 2.13. The molecule has 0 aliphatic rings. The van der Waals surface area contributed by atoms with E-state index in [4.69, 9.17) is 0 Å². The fourth-order valence-corrected chi connectivity index (χ4v) is 2.87. The van der Waals surface area contributed by atoms with Crippen LogP contribution in [0.25, 0.3) is 0 Å². The van der Waals surface area contributed by atoms with Gasteiger partial charge in [0.2, 0.25) is 5.91 Å². The number of carboxylic acid groups (broad SMARTS) is 1. The monoisotopic (exact) mass is 382 g/mol. The summed E-state index contributed by atoms with van der Waals surface area (Å²) < 4.78 is 0. The predicted octanol–water partition coefficient (Wildman–Crippen LogP) is 3.23. The molecule has 6 heteroatoms. The van der Waals surface area contributed by atoms with Gasteiger partial charge in [-0.25, -0.2) is 4.79 Å². The molecular weight excluding hydrogens is 356 g/mol. The zero-order valence-electron chi connectivity index (χ0n) is 16.1. The number of carboxylic acids is 1. The highest BCUT2D eigenvalue weighted by Crippen LogP contribution is 2.18. The largest absolute Gasteiger partial charge is 0.480 e. The van der Waals surface area contributed by atoms with Crippen molar-refractivity contribution in [2.75, 3.05) is 0 Å². The molecule has 28 heavy (non-hydrogen) atoms. The van der Waals surface area contributed by atoms with Gasteiger partial charge in [0.05, 0.1) is 12.5 Å². The Morgan fingerprint density at radius 2 is 1.61 bits per heavy atom. The number of hydrogen-bond donors (Lipinski definition) is 3. The standard InChI is InChI=1S/C22H26N2O4/c1-3-7-18(22(27)28)23-20(25)14-19(16-8-5-4-6-9-16)24-21(26)17-12-10-15(2)11-13-17/h4-6,8-13,18-19H,3,7,14H2,1-2H3,(H,23,25)(H,24,26)(H,27,28). The Hall–Kier alpha value is -3.15. The van der Waals surface area contributed by atoms with Gasteiger partial charge in [0, 0.05) is 5.56 Å². The van der Waals surface area contributed by atoms with Crippen molar-refractivity contribution in [3.05, 3.63) is 71.3 Å². The smallest absolute Gasteiger partial charge is 0.326 e. The lowest BCUT2D eigenvalue weighted by Gasteiger charge is -2.21. The fraction of sp³-hybridized carbons (Fsp3) is 0.318. The zero-order chi connectivity index (χ0) is 20.5.